The van der Waals surface area contributed by atoms with Gasteiger partial charge >= 0.3 is 0 Å². The van der Waals surface area contributed by atoms with Gasteiger partial charge in [0.25, 0.3) is 0 Å². The van der Waals surface area contributed by atoms with E-state index in [1.54, 1.807) is 0 Å². The molecule has 0 unspecified atom stereocenters. The molecule has 5 heteroatoms. The van der Waals surface area contributed by atoms with Crippen molar-refractivity contribution in [2.24, 2.45) is 0 Å². The zero-order chi connectivity index (χ0) is 10.3. The maximum absolute atomic E-state index is 12.9. The number of benzene rings is 1. The Morgan fingerprint density at radius 1 is 1.29 bits per heavy atom. The van der Waals surface area contributed by atoms with Crippen LogP contribution in [0.1, 0.15) is 5.56 Å². The molecule has 0 radical (unpaired) electrons. The summed E-state index contributed by atoms with van der Waals surface area (Å²) in [6.07, 6.45) is 0. The van der Waals surface area contributed by atoms with Gasteiger partial charge < -0.3 is 10.4 Å². The van der Waals surface area contributed by atoms with Gasteiger partial charge in [-0.1, -0.05) is 15.9 Å². The van der Waals surface area contributed by atoms with Crippen LogP contribution in [-0.4, -0.2) is 18.2 Å². The van der Waals surface area contributed by atoms with Crippen molar-refractivity contribution >= 4 is 15.9 Å². The summed E-state index contributed by atoms with van der Waals surface area (Å²) < 4.78 is 26.1. The third-order valence-electron chi connectivity index (χ3n) is 2.35. The van der Waals surface area contributed by atoms with E-state index in [2.05, 4.69) is 21.2 Å². The summed E-state index contributed by atoms with van der Waals surface area (Å²) in [6.45, 7) is 0.716. The summed E-state index contributed by atoms with van der Waals surface area (Å²) >= 11 is 3.10. The second-order valence-electron chi connectivity index (χ2n) is 3.38. The van der Waals surface area contributed by atoms with Crippen molar-refractivity contribution in [2.75, 3.05) is 13.1 Å². The highest BCUT2D eigenvalue weighted by Gasteiger charge is 2.38. The van der Waals surface area contributed by atoms with Gasteiger partial charge in [-0.3, -0.25) is 0 Å². The standard InChI is InChI=1S/C9H8BrF2NO/c10-6-2-8(12)7(11)1-5(6)9(14)3-13-4-9/h1-2,13-14H,3-4H2. The first kappa shape index (κ1) is 10.0. The SMILES string of the molecule is OC1(c2cc(F)c(F)cc2Br)CNC1. The molecule has 1 heterocycles. The zero-order valence-corrected chi connectivity index (χ0v) is 8.74. The largest absolute Gasteiger partial charge is 0.382 e. The van der Waals surface area contributed by atoms with Crippen LogP contribution < -0.4 is 5.32 Å². The molecule has 1 aromatic rings. The van der Waals surface area contributed by atoms with E-state index >= 15 is 0 Å². The first-order valence-corrected chi connectivity index (χ1v) is 4.90. The Morgan fingerprint density at radius 2 is 1.86 bits per heavy atom. The van der Waals surface area contributed by atoms with Gasteiger partial charge in [-0.25, -0.2) is 8.78 Å². The summed E-state index contributed by atoms with van der Waals surface area (Å²) in [5, 5.41) is 12.8. The van der Waals surface area contributed by atoms with Crippen LogP contribution >= 0.6 is 15.9 Å². The number of hydrogen-bond donors (Lipinski definition) is 2. The first-order chi connectivity index (χ1) is 6.53. The van der Waals surface area contributed by atoms with E-state index in [1.807, 2.05) is 0 Å². The Morgan fingerprint density at radius 3 is 2.36 bits per heavy atom. The third-order valence-corrected chi connectivity index (χ3v) is 3.00. The van der Waals surface area contributed by atoms with Gasteiger partial charge in [0.1, 0.15) is 5.60 Å². The predicted molar refractivity (Wildman–Crippen MR) is 50.8 cm³/mol. The second-order valence-corrected chi connectivity index (χ2v) is 4.24. The third kappa shape index (κ3) is 1.45. The van der Waals surface area contributed by atoms with Crippen LogP contribution in [-0.2, 0) is 5.60 Å². The summed E-state index contributed by atoms with van der Waals surface area (Å²) in [4.78, 5) is 0. The van der Waals surface area contributed by atoms with Crippen molar-refractivity contribution in [1.82, 2.24) is 5.32 Å². The van der Waals surface area contributed by atoms with E-state index < -0.39 is 17.2 Å². The minimum absolute atomic E-state index is 0.358. The first-order valence-electron chi connectivity index (χ1n) is 4.11. The van der Waals surface area contributed by atoms with E-state index in [0.29, 0.717) is 23.1 Å². The summed E-state index contributed by atoms with van der Waals surface area (Å²) in [5.41, 5.74) is -0.692. The summed E-state index contributed by atoms with van der Waals surface area (Å²) in [7, 11) is 0. The van der Waals surface area contributed by atoms with Crippen LogP contribution in [0.5, 0.6) is 0 Å². The second kappa shape index (κ2) is 3.25. The van der Waals surface area contributed by atoms with Crippen LogP contribution in [0.25, 0.3) is 0 Å². The lowest BCUT2D eigenvalue weighted by Crippen LogP contribution is -2.56. The van der Waals surface area contributed by atoms with E-state index in [1.165, 1.54) is 0 Å². The molecular formula is C9H8BrF2NO. The fourth-order valence-corrected chi connectivity index (χ4v) is 2.12. The monoisotopic (exact) mass is 263 g/mol. The molecule has 0 aromatic heterocycles. The Labute approximate surface area is 88.1 Å². The molecule has 1 aliphatic rings. The van der Waals surface area contributed by atoms with Crippen LogP contribution in [0.3, 0.4) is 0 Å². The Bertz CT molecular complexity index is 379. The Balaban J connectivity index is 2.48. The Kier molecular flexibility index (Phi) is 2.33. The van der Waals surface area contributed by atoms with Gasteiger partial charge in [0.05, 0.1) is 0 Å². The molecule has 0 aliphatic carbocycles. The van der Waals surface area contributed by atoms with E-state index in [-0.39, 0.29) is 0 Å². The molecule has 1 aromatic carbocycles. The van der Waals surface area contributed by atoms with Gasteiger partial charge in [-0.05, 0) is 12.1 Å². The molecule has 14 heavy (non-hydrogen) atoms. The highest BCUT2D eigenvalue weighted by molar-refractivity contribution is 9.10. The molecule has 76 valence electrons. The van der Waals surface area contributed by atoms with Crippen molar-refractivity contribution < 1.29 is 13.9 Å². The number of rotatable bonds is 1. The fraction of sp³-hybridized carbons (Fsp3) is 0.333. The van der Waals surface area contributed by atoms with Crippen LogP contribution in [0.15, 0.2) is 16.6 Å². The molecule has 1 saturated heterocycles. The van der Waals surface area contributed by atoms with Gasteiger partial charge in [0, 0.05) is 23.1 Å². The summed E-state index contributed by atoms with van der Waals surface area (Å²) in [6, 6.07) is 2.06. The smallest absolute Gasteiger partial charge is 0.159 e. The highest BCUT2D eigenvalue weighted by atomic mass is 79.9. The number of aliphatic hydroxyl groups is 1. The molecular weight excluding hydrogens is 256 g/mol. The van der Waals surface area contributed by atoms with Gasteiger partial charge in [0.2, 0.25) is 0 Å². The minimum Gasteiger partial charge on any atom is -0.382 e. The van der Waals surface area contributed by atoms with Crippen LogP contribution in [0.2, 0.25) is 0 Å². The predicted octanol–water partition coefficient (Wildman–Crippen LogP) is 1.52. The molecule has 2 N–H and O–H groups in total. The molecule has 0 saturated carbocycles. The van der Waals surface area contributed by atoms with Crippen molar-refractivity contribution in [3.05, 3.63) is 33.8 Å². The average Bonchev–Trinajstić information content (AvgIpc) is 2.07. The topological polar surface area (TPSA) is 32.3 Å². The number of nitrogens with one attached hydrogen (secondary N) is 1. The lowest BCUT2D eigenvalue weighted by molar-refractivity contribution is -0.0156. The minimum atomic E-state index is -1.08. The molecule has 1 aliphatic heterocycles. The number of β-amino-alcohol motifs (C(OH)–C–C–N with tert-alkyl or cyclic N) is 1. The average molecular weight is 264 g/mol. The number of hydrogen-bond acceptors (Lipinski definition) is 2. The maximum Gasteiger partial charge on any atom is 0.159 e. The molecule has 2 rings (SSSR count). The number of halogens is 3. The molecule has 0 bridgehead atoms. The molecule has 0 amide bonds. The molecule has 2 nitrogen and oxygen atoms in total. The quantitative estimate of drug-likeness (QED) is 0.754. The van der Waals surface area contributed by atoms with E-state index in [4.69, 9.17) is 0 Å². The van der Waals surface area contributed by atoms with Crippen LogP contribution in [0.4, 0.5) is 8.78 Å². The highest BCUT2D eigenvalue weighted by Crippen LogP contribution is 2.32. The van der Waals surface area contributed by atoms with Crippen molar-refractivity contribution in [2.45, 2.75) is 5.60 Å². The Hall–Kier alpha value is -0.520. The lowest BCUT2D eigenvalue weighted by Gasteiger charge is -2.38. The van der Waals surface area contributed by atoms with E-state index in [0.717, 1.165) is 12.1 Å². The van der Waals surface area contributed by atoms with Crippen molar-refractivity contribution in [3.8, 4) is 0 Å². The normalized spacial score (nSPS) is 19.1. The lowest BCUT2D eigenvalue weighted by atomic mass is 9.88. The van der Waals surface area contributed by atoms with Crippen molar-refractivity contribution in [1.29, 1.82) is 0 Å². The molecule has 0 spiro atoms. The van der Waals surface area contributed by atoms with Gasteiger partial charge in [-0.15, -0.1) is 0 Å². The molecule has 0 atom stereocenters. The van der Waals surface area contributed by atoms with Gasteiger partial charge in [0.15, 0.2) is 11.6 Å². The molecule has 1 fully saturated rings. The van der Waals surface area contributed by atoms with Crippen LogP contribution in [0, 0.1) is 11.6 Å². The fourth-order valence-electron chi connectivity index (χ4n) is 1.43. The summed E-state index contributed by atoms with van der Waals surface area (Å²) in [5.74, 6) is -1.86. The van der Waals surface area contributed by atoms with Crippen molar-refractivity contribution in [3.63, 3.8) is 0 Å². The maximum atomic E-state index is 12.9. The van der Waals surface area contributed by atoms with E-state index in [9.17, 15) is 13.9 Å². The zero-order valence-electron chi connectivity index (χ0n) is 7.15. The van der Waals surface area contributed by atoms with Gasteiger partial charge in [-0.2, -0.15) is 0 Å².